The highest BCUT2D eigenvalue weighted by atomic mass is 16.6. The van der Waals surface area contributed by atoms with Gasteiger partial charge in [0.25, 0.3) is 0 Å². The normalized spacial score (nSPS) is 24.2. The van der Waals surface area contributed by atoms with E-state index in [1.807, 2.05) is 97.1 Å². The highest BCUT2D eigenvalue weighted by molar-refractivity contribution is 5.16. The Morgan fingerprint density at radius 1 is 0.629 bits per heavy atom. The van der Waals surface area contributed by atoms with Gasteiger partial charge in [-0.05, 0) is 23.1 Å². The van der Waals surface area contributed by atoms with Gasteiger partial charge < -0.3 is 24.1 Å². The molecule has 1 aliphatic heterocycles. The lowest BCUT2D eigenvalue weighted by molar-refractivity contribution is -0.269. The van der Waals surface area contributed by atoms with E-state index in [0.29, 0.717) is 26.2 Å². The van der Waals surface area contributed by atoms with Gasteiger partial charge in [-0.1, -0.05) is 97.1 Å². The first kappa shape index (κ1) is 25.3. The minimum absolute atomic E-state index is 0.177. The summed E-state index contributed by atoms with van der Waals surface area (Å²) in [6, 6.07) is 30.0. The van der Waals surface area contributed by atoms with Crippen molar-refractivity contribution in [2.45, 2.75) is 56.8 Å². The molecule has 0 aliphatic carbocycles. The van der Waals surface area contributed by atoms with Gasteiger partial charge in [-0.15, -0.1) is 6.58 Å². The highest BCUT2D eigenvalue weighted by Crippen LogP contribution is 2.31. The van der Waals surface area contributed by atoms with Gasteiger partial charge in [0.1, 0.15) is 24.4 Å². The van der Waals surface area contributed by atoms with E-state index in [9.17, 15) is 5.11 Å². The average Bonchev–Trinajstić information content (AvgIpc) is 2.92. The zero-order valence-electron chi connectivity index (χ0n) is 19.9. The van der Waals surface area contributed by atoms with Crippen molar-refractivity contribution in [1.29, 1.82) is 0 Å². The van der Waals surface area contributed by atoms with E-state index < -0.39 is 24.4 Å². The molecule has 0 saturated carbocycles. The molecule has 0 aromatic heterocycles. The van der Waals surface area contributed by atoms with Gasteiger partial charge in [0.2, 0.25) is 0 Å². The maximum Gasteiger partial charge on any atom is 0.115 e. The number of rotatable bonds is 12. The average molecular weight is 475 g/mol. The number of aliphatic hydroxyl groups is 1. The van der Waals surface area contributed by atoms with Crippen LogP contribution in [-0.2, 0) is 38.8 Å². The van der Waals surface area contributed by atoms with E-state index in [1.54, 1.807) is 0 Å². The maximum absolute atomic E-state index is 10.2. The van der Waals surface area contributed by atoms with Crippen LogP contribution in [0.5, 0.6) is 0 Å². The van der Waals surface area contributed by atoms with Crippen LogP contribution < -0.4 is 0 Å². The van der Waals surface area contributed by atoms with Crippen molar-refractivity contribution in [2.24, 2.45) is 0 Å². The molecule has 0 spiro atoms. The van der Waals surface area contributed by atoms with E-state index in [0.717, 1.165) is 16.7 Å². The predicted octanol–water partition coefficient (Wildman–Crippen LogP) is 5.08. The number of hydrogen-bond donors (Lipinski definition) is 1. The molecule has 3 unspecified atom stereocenters. The van der Waals surface area contributed by atoms with Crippen LogP contribution in [0.25, 0.3) is 0 Å². The fourth-order valence-electron chi connectivity index (χ4n) is 4.38. The Morgan fingerprint density at radius 3 is 1.43 bits per heavy atom. The topological polar surface area (TPSA) is 57.2 Å². The van der Waals surface area contributed by atoms with Crippen molar-refractivity contribution in [3.63, 3.8) is 0 Å². The number of aliphatic hydroxyl groups excluding tert-OH is 1. The van der Waals surface area contributed by atoms with Gasteiger partial charge in [-0.3, -0.25) is 0 Å². The molecular formula is C30H34O5. The van der Waals surface area contributed by atoms with Crippen molar-refractivity contribution in [3.8, 4) is 0 Å². The summed E-state index contributed by atoms with van der Waals surface area (Å²) in [5.41, 5.74) is 3.17. The number of hydrogen-bond acceptors (Lipinski definition) is 5. The van der Waals surface area contributed by atoms with Crippen molar-refractivity contribution >= 4 is 0 Å². The minimum Gasteiger partial charge on any atom is -0.394 e. The molecule has 1 fully saturated rings. The molecule has 0 radical (unpaired) electrons. The molecule has 1 aliphatic rings. The van der Waals surface area contributed by atoms with Crippen LogP contribution in [0.2, 0.25) is 0 Å². The van der Waals surface area contributed by atoms with E-state index in [2.05, 4.69) is 6.58 Å². The molecule has 0 bridgehead atoms. The summed E-state index contributed by atoms with van der Waals surface area (Å²) >= 11 is 0. The summed E-state index contributed by atoms with van der Waals surface area (Å²) in [6.45, 7) is 4.93. The smallest absolute Gasteiger partial charge is 0.115 e. The monoisotopic (exact) mass is 474 g/mol. The molecule has 184 valence electrons. The third kappa shape index (κ3) is 7.10. The van der Waals surface area contributed by atoms with Gasteiger partial charge in [-0.25, -0.2) is 0 Å². The molecular weight excluding hydrogens is 440 g/mol. The third-order valence-corrected chi connectivity index (χ3v) is 6.16. The van der Waals surface area contributed by atoms with Crippen LogP contribution in [0.3, 0.4) is 0 Å². The summed E-state index contributed by atoms with van der Waals surface area (Å²) in [4.78, 5) is 0. The van der Waals surface area contributed by atoms with Gasteiger partial charge in [0, 0.05) is 0 Å². The second-order valence-corrected chi connectivity index (χ2v) is 8.70. The first-order valence-corrected chi connectivity index (χ1v) is 12.1. The molecule has 3 aromatic carbocycles. The second kappa shape index (κ2) is 13.3. The highest BCUT2D eigenvalue weighted by Gasteiger charge is 2.47. The van der Waals surface area contributed by atoms with Crippen LogP contribution >= 0.6 is 0 Å². The van der Waals surface area contributed by atoms with Crippen molar-refractivity contribution in [3.05, 3.63) is 120 Å². The maximum atomic E-state index is 10.2. The largest absolute Gasteiger partial charge is 0.394 e. The molecule has 5 heteroatoms. The lowest BCUT2D eigenvalue weighted by atomic mass is 9.92. The van der Waals surface area contributed by atoms with Crippen molar-refractivity contribution < 1.29 is 24.1 Å². The number of benzene rings is 3. The van der Waals surface area contributed by atoms with E-state index in [1.165, 1.54) is 0 Å². The quantitative estimate of drug-likeness (QED) is 0.371. The summed E-state index contributed by atoms with van der Waals surface area (Å²) in [5.74, 6) is 0. The zero-order valence-corrected chi connectivity index (χ0v) is 19.9. The van der Waals surface area contributed by atoms with Crippen LogP contribution in [0.15, 0.2) is 104 Å². The minimum atomic E-state index is -0.541. The molecule has 35 heavy (non-hydrogen) atoms. The van der Waals surface area contributed by atoms with Crippen LogP contribution in [-0.4, -0.2) is 42.2 Å². The fourth-order valence-corrected chi connectivity index (χ4v) is 4.38. The van der Waals surface area contributed by atoms with Crippen LogP contribution in [0, 0.1) is 0 Å². The van der Waals surface area contributed by atoms with Crippen LogP contribution in [0.1, 0.15) is 23.1 Å². The fraction of sp³-hybridized carbons (Fsp3) is 0.333. The van der Waals surface area contributed by atoms with Gasteiger partial charge >= 0.3 is 0 Å². The SMILES string of the molecule is C=CC[C@H]1OC(CO)[C@@H](OCc2ccccc2)C(OCc2ccccc2)C1OCc1ccccc1. The van der Waals surface area contributed by atoms with E-state index in [-0.39, 0.29) is 12.7 Å². The Morgan fingerprint density at radius 2 is 1.03 bits per heavy atom. The Balaban J connectivity index is 1.58. The summed E-state index contributed by atoms with van der Waals surface area (Å²) < 4.78 is 25.6. The molecule has 1 saturated heterocycles. The first-order chi connectivity index (χ1) is 17.3. The summed E-state index contributed by atoms with van der Waals surface area (Å²) in [7, 11) is 0. The van der Waals surface area contributed by atoms with E-state index in [4.69, 9.17) is 18.9 Å². The molecule has 0 amide bonds. The zero-order chi connectivity index (χ0) is 24.3. The molecule has 5 nitrogen and oxygen atoms in total. The third-order valence-electron chi connectivity index (χ3n) is 6.16. The molecule has 1 N–H and O–H groups in total. The molecule has 5 atom stereocenters. The molecule has 4 rings (SSSR count). The number of ether oxygens (including phenoxy) is 4. The van der Waals surface area contributed by atoms with Crippen molar-refractivity contribution in [1.82, 2.24) is 0 Å². The van der Waals surface area contributed by atoms with Gasteiger partial charge in [0.15, 0.2) is 0 Å². The Labute approximate surface area is 207 Å². The lowest BCUT2D eigenvalue weighted by Crippen LogP contribution is -2.60. The standard InChI is InChI=1S/C30H34O5/c1-2-12-26-28(32-20-23-13-6-3-7-14-23)30(34-22-25-17-10-5-11-18-25)29(27(19-31)35-26)33-21-24-15-8-4-9-16-24/h2-11,13-18,26-31H,1,12,19-22H2/t26-,27?,28?,29-,30?/m1/s1. The van der Waals surface area contributed by atoms with E-state index >= 15 is 0 Å². The Kier molecular flexibility index (Phi) is 9.64. The Bertz CT molecular complexity index is 995. The summed E-state index contributed by atoms with van der Waals surface area (Å²) in [5, 5.41) is 10.2. The summed E-state index contributed by atoms with van der Waals surface area (Å²) in [6.07, 6.45) is 0.181. The predicted molar refractivity (Wildman–Crippen MR) is 136 cm³/mol. The van der Waals surface area contributed by atoms with Gasteiger partial charge in [0.05, 0.1) is 32.5 Å². The Hall–Kier alpha value is -2.80. The first-order valence-electron chi connectivity index (χ1n) is 12.1. The van der Waals surface area contributed by atoms with Crippen molar-refractivity contribution in [2.75, 3.05) is 6.61 Å². The van der Waals surface area contributed by atoms with Crippen LogP contribution in [0.4, 0.5) is 0 Å². The second-order valence-electron chi connectivity index (χ2n) is 8.70. The lowest BCUT2D eigenvalue weighted by Gasteiger charge is -2.46. The molecule has 3 aromatic rings. The van der Waals surface area contributed by atoms with Gasteiger partial charge in [-0.2, -0.15) is 0 Å². The molecule has 1 heterocycles.